The molecule has 0 saturated carbocycles. The maximum atomic E-state index is 12.2. The molecule has 1 aromatic carbocycles. The van der Waals surface area contributed by atoms with E-state index in [1.165, 1.54) is 10.4 Å². The second-order valence-corrected chi connectivity index (χ2v) is 10.8. The van der Waals surface area contributed by atoms with Crippen LogP contribution in [0.2, 0.25) is 0 Å². The molecular formula is C20H30N2O3S. The molecule has 1 aliphatic heterocycles. The number of hydrogen-bond donors (Lipinski definition) is 1. The maximum Gasteiger partial charge on any atom is 0.244 e. The molecule has 6 heteroatoms. The van der Waals surface area contributed by atoms with Crippen molar-refractivity contribution in [3.8, 4) is 0 Å². The number of sulfonamides is 1. The monoisotopic (exact) mass is 378 g/mol. The van der Waals surface area contributed by atoms with Crippen molar-refractivity contribution in [3.05, 3.63) is 35.9 Å². The molecule has 26 heavy (non-hydrogen) atoms. The zero-order valence-electron chi connectivity index (χ0n) is 16.4. The fourth-order valence-electron chi connectivity index (χ4n) is 3.60. The van der Waals surface area contributed by atoms with Crippen LogP contribution in [0.25, 0.3) is 6.08 Å². The molecule has 2 rings (SSSR count). The van der Waals surface area contributed by atoms with E-state index in [1.807, 2.05) is 26.0 Å². The lowest BCUT2D eigenvalue weighted by atomic mass is 9.82. The fraction of sp³-hybridized carbons (Fsp3) is 0.550. The predicted octanol–water partition coefficient (Wildman–Crippen LogP) is 3.57. The predicted molar refractivity (Wildman–Crippen MR) is 108 cm³/mol. The summed E-state index contributed by atoms with van der Waals surface area (Å²) in [6.45, 7) is 11.0. The van der Waals surface area contributed by atoms with Gasteiger partial charge >= 0.3 is 0 Å². The quantitative estimate of drug-likeness (QED) is 0.797. The van der Waals surface area contributed by atoms with E-state index >= 15 is 0 Å². The van der Waals surface area contributed by atoms with E-state index in [0.717, 1.165) is 12.0 Å². The molecule has 144 valence electrons. The molecule has 1 aromatic rings. The van der Waals surface area contributed by atoms with E-state index in [4.69, 9.17) is 0 Å². The van der Waals surface area contributed by atoms with E-state index in [0.29, 0.717) is 18.7 Å². The van der Waals surface area contributed by atoms with Gasteiger partial charge in [0.2, 0.25) is 15.9 Å². The third-order valence-electron chi connectivity index (χ3n) is 4.14. The molecule has 1 amide bonds. The van der Waals surface area contributed by atoms with Crippen molar-refractivity contribution in [1.82, 2.24) is 5.32 Å². The summed E-state index contributed by atoms with van der Waals surface area (Å²) in [5, 5.41) is 3.04. The summed E-state index contributed by atoms with van der Waals surface area (Å²) in [5.74, 6) is 0.0737. The molecule has 0 unspecified atom stereocenters. The van der Waals surface area contributed by atoms with Crippen molar-refractivity contribution in [3.63, 3.8) is 0 Å². The topological polar surface area (TPSA) is 66.5 Å². The van der Waals surface area contributed by atoms with Crippen LogP contribution in [0.3, 0.4) is 0 Å². The van der Waals surface area contributed by atoms with Crippen molar-refractivity contribution in [2.75, 3.05) is 16.6 Å². The Morgan fingerprint density at radius 2 is 1.77 bits per heavy atom. The van der Waals surface area contributed by atoms with Gasteiger partial charge in [0.05, 0.1) is 11.4 Å². The van der Waals surface area contributed by atoms with Crippen molar-refractivity contribution < 1.29 is 13.2 Å². The molecule has 1 heterocycles. The van der Waals surface area contributed by atoms with Crippen LogP contribution < -0.4 is 9.62 Å². The zero-order chi connectivity index (χ0) is 19.6. The van der Waals surface area contributed by atoms with Gasteiger partial charge in [-0.1, -0.05) is 32.9 Å². The van der Waals surface area contributed by atoms with Crippen molar-refractivity contribution in [2.24, 2.45) is 5.41 Å². The van der Waals surface area contributed by atoms with Crippen LogP contribution in [0.15, 0.2) is 30.3 Å². The minimum Gasteiger partial charge on any atom is -0.348 e. The van der Waals surface area contributed by atoms with Crippen molar-refractivity contribution in [1.29, 1.82) is 0 Å². The molecule has 1 fully saturated rings. The lowest BCUT2D eigenvalue weighted by molar-refractivity contribution is -0.118. The van der Waals surface area contributed by atoms with E-state index in [1.54, 1.807) is 18.2 Å². The number of nitrogens with zero attached hydrogens (tertiary/aromatic N) is 1. The molecule has 0 spiro atoms. The molecule has 5 nitrogen and oxygen atoms in total. The van der Waals surface area contributed by atoms with E-state index in [-0.39, 0.29) is 22.6 Å². The van der Waals surface area contributed by atoms with Gasteiger partial charge in [-0.3, -0.25) is 9.10 Å². The number of benzene rings is 1. The second kappa shape index (κ2) is 7.43. The highest BCUT2D eigenvalue weighted by Gasteiger charge is 2.28. The molecule has 0 aromatic heterocycles. The Balaban J connectivity index is 1.99. The van der Waals surface area contributed by atoms with E-state index in [2.05, 4.69) is 26.1 Å². The van der Waals surface area contributed by atoms with Gasteiger partial charge in [-0.2, -0.15) is 0 Å². The number of hydrogen-bond acceptors (Lipinski definition) is 3. The molecule has 0 atom stereocenters. The lowest BCUT2D eigenvalue weighted by Gasteiger charge is -2.32. The molecule has 1 N–H and O–H groups in total. The molecule has 1 saturated heterocycles. The van der Waals surface area contributed by atoms with Crippen LogP contribution in [0, 0.1) is 5.41 Å². The number of carbonyl (C=O) groups excluding carboxylic acids is 1. The highest BCUT2D eigenvalue weighted by atomic mass is 32.2. The Hall–Kier alpha value is -1.82. The minimum absolute atomic E-state index is 0.131. The second-order valence-electron chi connectivity index (χ2n) is 8.78. The highest BCUT2D eigenvalue weighted by molar-refractivity contribution is 7.93. The van der Waals surface area contributed by atoms with Gasteiger partial charge in [-0.15, -0.1) is 0 Å². The van der Waals surface area contributed by atoms with Crippen LogP contribution in [-0.2, 0) is 14.8 Å². The first-order valence-electron chi connectivity index (χ1n) is 8.99. The summed E-state index contributed by atoms with van der Waals surface area (Å²) in [7, 11) is -3.16. The minimum atomic E-state index is -3.16. The van der Waals surface area contributed by atoms with Gasteiger partial charge in [-0.05, 0) is 55.9 Å². The Labute approximate surface area is 157 Å². The van der Waals surface area contributed by atoms with Crippen molar-refractivity contribution >= 4 is 27.7 Å². The smallest absolute Gasteiger partial charge is 0.244 e. The van der Waals surface area contributed by atoms with Crippen molar-refractivity contribution in [2.45, 2.75) is 53.0 Å². The highest BCUT2D eigenvalue weighted by Crippen LogP contribution is 2.27. The molecule has 0 radical (unpaired) electrons. The molecule has 1 aliphatic rings. The van der Waals surface area contributed by atoms with E-state index < -0.39 is 10.0 Å². The fourth-order valence-corrected chi connectivity index (χ4v) is 5.16. The zero-order valence-corrected chi connectivity index (χ0v) is 17.2. The summed E-state index contributed by atoms with van der Waals surface area (Å²) in [4.78, 5) is 12.2. The van der Waals surface area contributed by atoms with Gasteiger partial charge in [0.15, 0.2) is 0 Å². The van der Waals surface area contributed by atoms with Gasteiger partial charge in [0.25, 0.3) is 0 Å². The third kappa shape index (κ3) is 5.87. The van der Waals surface area contributed by atoms with Crippen LogP contribution in [-0.4, -0.2) is 32.2 Å². The number of carbonyl (C=O) groups is 1. The number of anilines is 1. The molecule has 0 bridgehead atoms. The molecular weight excluding hydrogens is 348 g/mol. The number of rotatable bonds is 5. The van der Waals surface area contributed by atoms with E-state index in [9.17, 15) is 13.2 Å². The SMILES string of the molecule is CC(C)(C)CC(C)(C)NC(=O)/C=C/c1ccc(N2CCCS2(=O)=O)cc1. The first kappa shape index (κ1) is 20.5. The summed E-state index contributed by atoms with van der Waals surface area (Å²) >= 11 is 0. The Morgan fingerprint density at radius 3 is 2.27 bits per heavy atom. The average Bonchev–Trinajstić information content (AvgIpc) is 2.82. The van der Waals surface area contributed by atoms with Crippen LogP contribution in [0.4, 0.5) is 5.69 Å². The Bertz CT molecular complexity index is 772. The molecule has 0 aliphatic carbocycles. The standard InChI is InChI=1S/C20H30N2O3S/c1-19(2,3)15-20(4,5)21-18(23)12-9-16-7-10-17(11-8-16)22-13-6-14-26(22,24)25/h7-12H,6,13-15H2,1-5H3,(H,21,23)/b12-9+. The summed E-state index contributed by atoms with van der Waals surface area (Å²) in [5.41, 5.74) is 1.38. The van der Waals surface area contributed by atoms with Crippen LogP contribution in [0.1, 0.15) is 53.0 Å². The van der Waals surface area contributed by atoms with Gasteiger partial charge in [-0.25, -0.2) is 8.42 Å². The first-order valence-corrected chi connectivity index (χ1v) is 10.6. The summed E-state index contributed by atoms with van der Waals surface area (Å²) in [6, 6.07) is 7.22. The first-order chi connectivity index (χ1) is 11.9. The third-order valence-corrected chi connectivity index (χ3v) is 6.01. The van der Waals surface area contributed by atoms with Crippen LogP contribution >= 0.6 is 0 Å². The van der Waals surface area contributed by atoms with Gasteiger partial charge < -0.3 is 5.32 Å². The largest absolute Gasteiger partial charge is 0.348 e. The maximum absolute atomic E-state index is 12.2. The lowest BCUT2D eigenvalue weighted by Crippen LogP contribution is -2.45. The summed E-state index contributed by atoms with van der Waals surface area (Å²) in [6.07, 6.45) is 4.80. The Kier molecular flexibility index (Phi) is 5.85. The van der Waals surface area contributed by atoms with Gasteiger partial charge in [0, 0.05) is 18.2 Å². The Morgan fingerprint density at radius 1 is 1.15 bits per heavy atom. The van der Waals surface area contributed by atoms with Gasteiger partial charge in [0.1, 0.15) is 0 Å². The number of amides is 1. The average molecular weight is 379 g/mol. The normalized spacial score (nSPS) is 17.7. The number of nitrogens with one attached hydrogen (secondary N) is 1. The van der Waals surface area contributed by atoms with Crippen LogP contribution in [0.5, 0.6) is 0 Å². The summed E-state index contributed by atoms with van der Waals surface area (Å²) < 4.78 is 25.4.